The number of aromatic nitrogens is 2. The Morgan fingerprint density at radius 2 is 1.10 bits per heavy atom. The van der Waals surface area contributed by atoms with E-state index in [4.69, 9.17) is 4.42 Å². The van der Waals surface area contributed by atoms with Gasteiger partial charge in [-0.2, -0.15) is 0 Å². The number of nitrogens with zero attached hydrogens (tertiary/aromatic N) is 2. The standard InChI is InChI=1S/C46H28N2O/c1-2-13-27(14-3-1)47-36-22-9-6-17-33(36)41-42-34-18-7-10-23-37(34)48(45(42)46-43(44(41)47)35-19-8-11-24-39(35)49-46)38-26-25-31-29-16-5-4-15-28(29)30-20-12-21-32(38)40(30)31/h1-10,12-23,25-26H,11,24H2. The van der Waals surface area contributed by atoms with Gasteiger partial charge < -0.3 is 13.6 Å². The minimum Gasteiger partial charge on any atom is -0.458 e. The van der Waals surface area contributed by atoms with Crippen LogP contribution in [0.2, 0.25) is 0 Å². The third kappa shape index (κ3) is 3.14. The zero-order valence-electron chi connectivity index (χ0n) is 26.6. The van der Waals surface area contributed by atoms with Gasteiger partial charge in [-0.05, 0) is 64.4 Å². The first-order chi connectivity index (χ1) is 24.4. The maximum Gasteiger partial charge on any atom is 0.161 e. The SMILES string of the molecule is C1=Cc2c(oc3c2c2c(c4ccccc4n2-c2ccccc2)c2c4ccccc4n(-c4ccc5c6c(cccc46)-c4ccccc4-5)c32)CC1. The molecule has 3 heterocycles. The Hall–Kier alpha value is -6.32. The molecule has 3 aromatic heterocycles. The van der Waals surface area contributed by atoms with Crippen molar-refractivity contribution in [2.45, 2.75) is 12.8 Å². The largest absolute Gasteiger partial charge is 0.458 e. The lowest BCUT2D eigenvalue weighted by Gasteiger charge is -2.14. The molecule has 0 atom stereocenters. The minimum atomic E-state index is 0.897. The van der Waals surface area contributed by atoms with Crippen LogP contribution in [0.15, 0.2) is 144 Å². The van der Waals surface area contributed by atoms with E-state index in [1.54, 1.807) is 0 Å². The van der Waals surface area contributed by atoms with Gasteiger partial charge in [-0.25, -0.2) is 0 Å². The van der Waals surface area contributed by atoms with Crippen LogP contribution in [-0.4, -0.2) is 9.13 Å². The Balaban J connectivity index is 1.35. The monoisotopic (exact) mass is 624 g/mol. The molecular formula is C46H28N2O. The molecule has 0 bridgehead atoms. The van der Waals surface area contributed by atoms with Crippen LogP contribution in [0.3, 0.4) is 0 Å². The number of furan rings is 1. The van der Waals surface area contributed by atoms with E-state index in [1.807, 2.05) is 0 Å². The fourth-order valence-electron chi connectivity index (χ4n) is 9.19. The third-order valence-electron chi connectivity index (χ3n) is 11.1. The normalized spacial score (nSPS) is 13.5. The van der Waals surface area contributed by atoms with Crippen molar-refractivity contribution < 1.29 is 4.42 Å². The predicted octanol–water partition coefficient (Wildman–Crippen LogP) is 12.4. The summed E-state index contributed by atoms with van der Waals surface area (Å²) in [5.74, 6) is 1.07. The molecule has 0 amide bonds. The number of benzene rings is 7. The molecule has 0 N–H and O–H groups in total. The van der Waals surface area contributed by atoms with Crippen LogP contribution in [-0.2, 0) is 6.42 Å². The van der Waals surface area contributed by atoms with E-state index in [0.29, 0.717) is 0 Å². The summed E-state index contributed by atoms with van der Waals surface area (Å²) >= 11 is 0. The average Bonchev–Trinajstić information content (AvgIpc) is 3.90. The summed E-state index contributed by atoms with van der Waals surface area (Å²) in [5, 5.41) is 8.77. The summed E-state index contributed by atoms with van der Waals surface area (Å²) in [4.78, 5) is 0. The predicted molar refractivity (Wildman–Crippen MR) is 204 cm³/mol. The van der Waals surface area contributed by atoms with E-state index in [1.165, 1.54) is 87.8 Å². The van der Waals surface area contributed by atoms with Crippen molar-refractivity contribution in [3.8, 4) is 33.6 Å². The lowest BCUT2D eigenvalue weighted by atomic mass is 9.98. The van der Waals surface area contributed by atoms with Crippen molar-refractivity contribution in [2.75, 3.05) is 0 Å². The molecule has 0 radical (unpaired) electrons. The highest BCUT2D eigenvalue weighted by Gasteiger charge is 2.30. The second-order valence-electron chi connectivity index (χ2n) is 13.5. The van der Waals surface area contributed by atoms with Gasteiger partial charge in [0.25, 0.3) is 0 Å². The number of hydrogen-bond donors (Lipinski definition) is 0. The molecule has 2 aliphatic rings. The molecule has 12 rings (SSSR count). The molecular weight excluding hydrogens is 597 g/mol. The molecule has 0 spiro atoms. The molecule has 0 aliphatic heterocycles. The Morgan fingerprint density at radius 1 is 0.469 bits per heavy atom. The maximum atomic E-state index is 7.13. The van der Waals surface area contributed by atoms with Gasteiger partial charge in [0.2, 0.25) is 0 Å². The summed E-state index contributed by atoms with van der Waals surface area (Å²) < 4.78 is 12.1. The van der Waals surface area contributed by atoms with Gasteiger partial charge in [0.05, 0.1) is 33.1 Å². The molecule has 228 valence electrons. The summed E-state index contributed by atoms with van der Waals surface area (Å²) in [6.07, 6.45) is 6.49. The lowest BCUT2D eigenvalue weighted by Crippen LogP contribution is -1.97. The molecule has 2 aliphatic carbocycles. The second-order valence-corrected chi connectivity index (χ2v) is 13.5. The summed E-state index contributed by atoms with van der Waals surface area (Å²) in [6.45, 7) is 0. The molecule has 10 aromatic rings. The number of hydrogen-bond acceptors (Lipinski definition) is 1. The van der Waals surface area contributed by atoms with Crippen molar-refractivity contribution in [1.29, 1.82) is 0 Å². The summed E-state index contributed by atoms with van der Waals surface area (Å²) in [7, 11) is 0. The first kappa shape index (κ1) is 25.7. The molecule has 7 aromatic carbocycles. The van der Waals surface area contributed by atoms with E-state index in [9.17, 15) is 0 Å². The number of rotatable bonds is 2. The van der Waals surface area contributed by atoms with Crippen LogP contribution in [0.4, 0.5) is 0 Å². The van der Waals surface area contributed by atoms with Gasteiger partial charge >= 0.3 is 0 Å². The van der Waals surface area contributed by atoms with Gasteiger partial charge in [-0.15, -0.1) is 0 Å². The minimum absolute atomic E-state index is 0.897. The highest BCUT2D eigenvalue weighted by atomic mass is 16.3. The molecule has 0 saturated carbocycles. The Bertz CT molecular complexity index is 3060. The average molecular weight is 625 g/mol. The molecule has 3 heteroatoms. The number of allylic oxidation sites excluding steroid dienone is 1. The van der Waals surface area contributed by atoms with Crippen LogP contribution in [0.1, 0.15) is 17.7 Å². The molecule has 0 saturated heterocycles. The van der Waals surface area contributed by atoms with Crippen molar-refractivity contribution in [1.82, 2.24) is 9.13 Å². The van der Waals surface area contributed by atoms with Gasteiger partial charge in [0.1, 0.15) is 5.76 Å². The Kier molecular flexibility index (Phi) is 4.82. The maximum absolute atomic E-state index is 7.13. The molecule has 3 nitrogen and oxygen atoms in total. The number of para-hydroxylation sites is 3. The molecule has 0 unspecified atom stereocenters. The van der Waals surface area contributed by atoms with Gasteiger partial charge in [0.15, 0.2) is 5.58 Å². The lowest BCUT2D eigenvalue weighted by molar-refractivity contribution is 0.548. The van der Waals surface area contributed by atoms with Crippen LogP contribution in [0.25, 0.3) is 105 Å². The quantitative estimate of drug-likeness (QED) is 0.188. The zero-order chi connectivity index (χ0) is 31.8. The van der Waals surface area contributed by atoms with Crippen molar-refractivity contribution in [3.05, 3.63) is 151 Å². The highest BCUT2D eigenvalue weighted by molar-refractivity contribution is 6.37. The van der Waals surface area contributed by atoms with Crippen molar-refractivity contribution in [2.24, 2.45) is 0 Å². The van der Waals surface area contributed by atoms with Crippen LogP contribution in [0, 0.1) is 0 Å². The first-order valence-corrected chi connectivity index (χ1v) is 17.2. The summed E-state index contributed by atoms with van der Waals surface area (Å²) in [6, 6.07) is 48.9. The highest BCUT2D eigenvalue weighted by Crippen LogP contribution is 2.52. The Labute approximate surface area is 281 Å². The molecule has 49 heavy (non-hydrogen) atoms. The summed E-state index contributed by atoms with van der Waals surface area (Å²) in [5.41, 5.74) is 14.5. The van der Waals surface area contributed by atoms with E-state index >= 15 is 0 Å². The number of fused-ring (bicyclic) bond motifs is 15. The van der Waals surface area contributed by atoms with E-state index in [2.05, 4.69) is 155 Å². The van der Waals surface area contributed by atoms with Gasteiger partial charge in [-0.3, -0.25) is 0 Å². The smallest absolute Gasteiger partial charge is 0.161 e. The van der Waals surface area contributed by atoms with Crippen molar-refractivity contribution >= 4 is 71.4 Å². The number of aryl methyl sites for hydroxylation is 1. The zero-order valence-corrected chi connectivity index (χ0v) is 26.6. The van der Waals surface area contributed by atoms with Crippen LogP contribution < -0.4 is 0 Å². The van der Waals surface area contributed by atoms with E-state index < -0.39 is 0 Å². The topological polar surface area (TPSA) is 23.0 Å². The second kappa shape index (κ2) is 9.18. The van der Waals surface area contributed by atoms with Crippen LogP contribution >= 0.6 is 0 Å². The van der Waals surface area contributed by atoms with E-state index in [-0.39, 0.29) is 0 Å². The first-order valence-electron chi connectivity index (χ1n) is 17.2. The molecule has 0 fully saturated rings. The van der Waals surface area contributed by atoms with Gasteiger partial charge in [-0.1, -0.05) is 115 Å². The van der Waals surface area contributed by atoms with Gasteiger partial charge in [0, 0.05) is 44.6 Å². The fourth-order valence-corrected chi connectivity index (χ4v) is 9.19. The Morgan fingerprint density at radius 3 is 1.90 bits per heavy atom. The fraction of sp³-hybridized carbons (Fsp3) is 0.0435. The van der Waals surface area contributed by atoms with Crippen molar-refractivity contribution in [3.63, 3.8) is 0 Å². The van der Waals surface area contributed by atoms with E-state index in [0.717, 1.165) is 35.4 Å². The third-order valence-corrected chi connectivity index (χ3v) is 11.1. The van der Waals surface area contributed by atoms with Crippen LogP contribution in [0.5, 0.6) is 0 Å².